The van der Waals surface area contributed by atoms with E-state index in [2.05, 4.69) is 5.32 Å². The van der Waals surface area contributed by atoms with E-state index < -0.39 is 11.1 Å². The molecule has 0 saturated carbocycles. The topological polar surface area (TPSA) is 105 Å². The number of hydrogen-bond acceptors (Lipinski definition) is 7. The van der Waals surface area contributed by atoms with E-state index in [-0.39, 0.29) is 29.9 Å². The summed E-state index contributed by atoms with van der Waals surface area (Å²) in [6.45, 7) is 2.76. The molecule has 194 valence electrons. The second-order valence-electron chi connectivity index (χ2n) is 8.77. The molecule has 4 amide bonds. The summed E-state index contributed by atoms with van der Waals surface area (Å²) in [5.74, 6) is -0.282. The zero-order valence-electron chi connectivity index (χ0n) is 20.8. The summed E-state index contributed by atoms with van der Waals surface area (Å²) in [6.07, 6.45) is 4.54. The van der Waals surface area contributed by atoms with Gasteiger partial charge < -0.3 is 19.7 Å². The molecule has 2 heterocycles. The van der Waals surface area contributed by atoms with Gasteiger partial charge in [-0.1, -0.05) is 24.3 Å². The molecule has 2 fully saturated rings. The Balaban J connectivity index is 1.39. The van der Waals surface area contributed by atoms with E-state index in [1.807, 2.05) is 31.2 Å². The number of methoxy groups -OCH3 is 1. The molecule has 2 aliphatic heterocycles. The molecule has 0 spiro atoms. The van der Waals surface area contributed by atoms with Gasteiger partial charge in [0.15, 0.2) is 18.1 Å². The van der Waals surface area contributed by atoms with Gasteiger partial charge in [0.25, 0.3) is 17.1 Å². The minimum Gasteiger partial charge on any atom is -0.493 e. The highest BCUT2D eigenvalue weighted by Crippen LogP contribution is 2.34. The molecule has 37 heavy (non-hydrogen) atoms. The Labute approximate surface area is 219 Å². The summed E-state index contributed by atoms with van der Waals surface area (Å²) < 4.78 is 11.1. The summed E-state index contributed by atoms with van der Waals surface area (Å²) in [4.78, 5) is 53.1. The van der Waals surface area contributed by atoms with E-state index in [9.17, 15) is 19.2 Å². The number of amides is 4. The summed E-state index contributed by atoms with van der Waals surface area (Å²) in [5.41, 5.74) is 2.27. The molecular formula is C27H29N3O6S. The van der Waals surface area contributed by atoms with Crippen molar-refractivity contribution in [1.82, 2.24) is 9.80 Å². The van der Waals surface area contributed by atoms with Gasteiger partial charge in [-0.05, 0) is 73.4 Å². The lowest BCUT2D eigenvalue weighted by Crippen LogP contribution is -2.44. The highest BCUT2D eigenvalue weighted by atomic mass is 32.2. The predicted molar refractivity (Wildman–Crippen MR) is 141 cm³/mol. The van der Waals surface area contributed by atoms with Crippen LogP contribution in [0.15, 0.2) is 47.4 Å². The number of carbonyl (C=O) groups excluding carboxylic acids is 4. The quantitative estimate of drug-likeness (QED) is 0.520. The fraction of sp³-hybridized carbons (Fsp3) is 0.333. The fourth-order valence-electron chi connectivity index (χ4n) is 4.10. The van der Waals surface area contributed by atoms with Crippen LogP contribution in [0.4, 0.5) is 10.5 Å². The molecule has 4 rings (SSSR count). The second kappa shape index (κ2) is 12.0. The normalized spacial score (nSPS) is 16.8. The van der Waals surface area contributed by atoms with Crippen molar-refractivity contribution in [2.75, 3.05) is 38.7 Å². The van der Waals surface area contributed by atoms with Gasteiger partial charge in [-0.15, -0.1) is 0 Å². The number of aryl methyl sites for hydroxylation is 1. The Kier molecular flexibility index (Phi) is 8.50. The van der Waals surface area contributed by atoms with Crippen LogP contribution in [0.1, 0.15) is 30.4 Å². The molecule has 1 N–H and O–H groups in total. The zero-order valence-corrected chi connectivity index (χ0v) is 21.6. The van der Waals surface area contributed by atoms with Crippen LogP contribution in [0.5, 0.6) is 11.5 Å². The van der Waals surface area contributed by atoms with Crippen molar-refractivity contribution >= 4 is 46.5 Å². The maximum absolute atomic E-state index is 12.9. The van der Waals surface area contributed by atoms with Gasteiger partial charge in [-0.3, -0.25) is 24.1 Å². The van der Waals surface area contributed by atoms with E-state index >= 15 is 0 Å². The van der Waals surface area contributed by atoms with Gasteiger partial charge >= 0.3 is 0 Å². The third-order valence-corrected chi connectivity index (χ3v) is 7.05. The average Bonchev–Trinajstić information content (AvgIpc) is 3.16. The molecule has 9 nitrogen and oxygen atoms in total. The Morgan fingerprint density at radius 1 is 1.05 bits per heavy atom. The van der Waals surface area contributed by atoms with E-state index in [0.717, 1.165) is 41.5 Å². The van der Waals surface area contributed by atoms with Gasteiger partial charge in [0.05, 0.1) is 12.0 Å². The first-order valence-corrected chi connectivity index (χ1v) is 12.9. The SMILES string of the molecule is COc1cc(/C=C2\SC(=O)N(CC(=O)N3CCCCC3)C2=O)ccc1OCC(=O)Nc1ccccc1C. The molecule has 2 aliphatic rings. The minimum atomic E-state index is -0.493. The Morgan fingerprint density at radius 2 is 1.81 bits per heavy atom. The molecule has 2 aromatic rings. The third kappa shape index (κ3) is 6.51. The maximum Gasteiger partial charge on any atom is 0.294 e. The number of hydrogen-bond donors (Lipinski definition) is 1. The molecule has 2 aromatic carbocycles. The highest BCUT2D eigenvalue weighted by molar-refractivity contribution is 8.18. The van der Waals surface area contributed by atoms with Crippen molar-refractivity contribution in [1.29, 1.82) is 0 Å². The number of imide groups is 1. The number of nitrogens with zero attached hydrogens (tertiary/aromatic N) is 2. The number of ether oxygens (including phenoxy) is 2. The van der Waals surface area contributed by atoms with Gasteiger partial charge in [-0.2, -0.15) is 0 Å². The van der Waals surface area contributed by atoms with E-state index in [1.165, 1.54) is 7.11 Å². The molecule has 0 atom stereocenters. The molecule has 10 heteroatoms. The Bertz CT molecular complexity index is 1240. The predicted octanol–water partition coefficient (Wildman–Crippen LogP) is 4.07. The van der Waals surface area contributed by atoms with Crippen LogP contribution >= 0.6 is 11.8 Å². The number of anilines is 1. The lowest BCUT2D eigenvalue weighted by atomic mass is 10.1. The number of rotatable bonds is 8. The van der Waals surface area contributed by atoms with Gasteiger partial charge in [0.2, 0.25) is 5.91 Å². The smallest absolute Gasteiger partial charge is 0.294 e. The van der Waals surface area contributed by atoms with Gasteiger partial charge in [-0.25, -0.2) is 0 Å². The third-order valence-electron chi connectivity index (χ3n) is 6.14. The molecule has 0 unspecified atom stereocenters. The first-order chi connectivity index (χ1) is 17.9. The number of benzene rings is 2. The number of thioether (sulfide) groups is 1. The molecular weight excluding hydrogens is 494 g/mol. The first-order valence-electron chi connectivity index (χ1n) is 12.0. The lowest BCUT2D eigenvalue weighted by Gasteiger charge is -2.27. The summed E-state index contributed by atoms with van der Waals surface area (Å²) in [7, 11) is 1.47. The van der Waals surface area contributed by atoms with E-state index in [0.29, 0.717) is 35.8 Å². The van der Waals surface area contributed by atoms with Gasteiger partial charge in [0.1, 0.15) is 6.54 Å². The largest absolute Gasteiger partial charge is 0.493 e. The number of piperidine rings is 1. The van der Waals surface area contributed by atoms with Crippen molar-refractivity contribution in [3.63, 3.8) is 0 Å². The summed E-state index contributed by atoms with van der Waals surface area (Å²) in [5, 5.41) is 2.34. The fourth-order valence-corrected chi connectivity index (χ4v) is 4.94. The Hall–Kier alpha value is -3.79. The number of nitrogens with one attached hydrogen (secondary N) is 1. The van der Waals surface area contributed by atoms with Crippen molar-refractivity contribution < 1.29 is 28.7 Å². The van der Waals surface area contributed by atoms with Crippen LogP contribution in [0, 0.1) is 6.92 Å². The first kappa shape index (κ1) is 26.3. The summed E-state index contributed by atoms with van der Waals surface area (Å²) in [6, 6.07) is 12.4. The minimum absolute atomic E-state index is 0.210. The van der Waals surface area contributed by atoms with Crippen LogP contribution in [-0.2, 0) is 14.4 Å². The lowest BCUT2D eigenvalue weighted by molar-refractivity contribution is -0.136. The van der Waals surface area contributed by atoms with Crippen LogP contribution in [0.25, 0.3) is 6.08 Å². The molecule has 0 aliphatic carbocycles. The standard InChI is InChI=1S/C27H29N3O6S/c1-18-8-4-5-9-20(18)28-24(31)17-36-21-11-10-19(14-22(21)35-2)15-23-26(33)30(27(34)37-23)16-25(32)29-12-6-3-7-13-29/h4-5,8-11,14-15H,3,6-7,12-13,16-17H2,1-2H3,(H,28,31)/b23-15-. The molecule has 0 radical (unpaired) electrons. The van der Waals surface area contributed by atoms with Crippen LogP contribution in [0.3, 0.4) is 0 Å². The van der Waals surface area contributed by atoms with Crippen LogP contribution in [-0.4, -0.2) is 66.1 Å². The average molecular weight is 524 g/mol. The second-order valence-corrected chi connectivity index (χ2v) is 9.76. The van der Waals surface area contributed by atoms with Crippen molar-refractivity contribution in [3.05, 3.63) is 58.5 Å². The van der Waals surface area contributed by atoms with E-state index in [1.54, 1.807) is 29.2 Å². The number of likely N-dealkylation sites (tertiary alicyclic amines) is 1. The van der Waals surface area contributed by atoms with Crippen molar-refractivity contribution in [2.45, 2.75) is 26.2 Å². The van der Waals surface area contributed by atoms with Crippen molar-refractivity contribution in [3.8, 4) is 11.5 Å². The van der Waals surface area contributed by atoms with E-state index in [4.69, 9.17) is 9.47 Å². The van der Waals surface area contributed by atoms with Gasteiger partial charge in [0, 0.05) is 18.8 Å². The van der Waals surface area contributed by atoms with Crippen LogP contribution in [0.2, 0.25) is 0 Å². The maximum atomic E-state index is 12.9. The summed E-state index contributed by atoms with van der Waals surface area (Å²) >= 11 is 0.802. The molecule has 0 bridgehead atoms. The zero-order chi connectivity index (χ0) is 26.4. The Morgan fingerprint density at radius 3 is 2.54 bits per heavy atom. The highest BCUT2D eigenvalue weighted by Gasteiger charge is 2.37. The number of para-hydroxylation sites is 1. The molecule has 0 aromatic heterocycles. The molecule has 2 saturated heterocycles. The van der Waals surface area contributed by atoms with Crippen LogP contribution < -0.4 is 14.8 Å². The van der Waals surface area contributed by atoms with Crippen molar-refractivity contribution in [2.24, 2.45) is 0 Å². The number of carbonyl (C=O) groups is 4. The monoisotopic (exact) mass is 523 g/mol.